The Labute approximate surface area is 216 Å². The zero-order valence-corrected chi connectivity index (χ0v) is 21.1. The molecule has 1 aliphatic rings. The van der Waals surface area contributed by atoms with E-state index in [1.54, 1.807) is 4.68 Å². The molecule has 37 heavy (non-hydrogen) atoms. The maximum atomic E-state index is 13.5. The number of anilines is 2. The monoisotopic (exact) mass is 495 g/mol. The number of aromatic nitrogens is 3. The van der Waals surface area contributed by atoms with Crippen molar-refractivity contribution in [1.29, 1.82) is 0 Å². The predicted molar refractivity (Wildman–Crippen MR) is 143 cm³/mol. The van der Waals surface area contributed by atoms with Gasteiger partial charge < -0.3 is 20.1 Å². The van der Waals surface area contributed by atoms with Crippen LogP contribution in [-0.4, -0.2) is 27.3 Å². The van der Waals surface area contributed by atoms with Gasteiger partial charge in [-0.15, -0.1) is 0 Å². The van der Waals surface area contributed by atoms with Gasteiger partial charge in [-0.3, -0.25) is 4.79 Å². The molecule has 2 N–H and O–H groups in total. The van der Waals surface area contributed by atoms with E-state index in [0.29, 0.717) is 47.6 Å². The molecule has 1 aromatic heterocycles. The maximum Gasteiger partial charge on any atom is 0.255 e. The molecule has 0 saturated heterocycles. The van der Waals surface area contributed by atoms with Gasteiger partial charge in [-0.1, -0.05) is 54.1 Å². The molecule has 0 radical (unpaired) electrons. The summed E-state index contributed by atoms with van der Waals surface area (Å²) >= 11 is 0. The highest BCUT2D eigenvalue weighted by Gasteiger charge is 2.34. The van der Waals surface area contributed by atoms with Crippen molar-refractivity contribution in [2.75, 3.05) is 17.2 Å². The first kappa shape index (κ1) is 24.1. The van der Waals surface area contributed by atoms with Crippen molar-refractivity contribution < 1.29 is 14.3 Å². The second kappa shape index (κ2) is 10.6. The van der Waals surface area contributed by atoms with Crippen LogP contribution in [0.3, 0.4) is 0 Å². The molecule has 5 rings (SSSR count). The van der Waals surface area contributed by atoms with Crippen LogP contribution in [0.5, 0.6) is 11.5 Å². The maximum absolute atomic E-state index is 13.5. The van der Waals surface area contributed by atoms with E-state index < -0.39 is 6.04 Å². The van der Waals surface area contributed by atoms with Crippen molar-refractivity contribution in [3.8, 4) is 11.5 Å². The highest BCUT2D eigenvalue weighted by atomic mass is 16.5. The summed E-state index contributed by atoms with van der Waals surface area (Å²) in [7, 11) is 0. The van der Waals surface area contributed by atoms with Crippen molar-refractivity contribution in [3.63, 3.8) is 0 Å². The van der Waals surface area contributed by atoms with E-state index in [4.69, 9.17) is 9.47 Å². The third kappa shape index (κ3) is 5.18. The van der Waals surface area contributed by atoms with Crippen molar-refractivity contribution in [1.82, 2.24) is 14.8 Å². The van der Waals surface area contributed by atoms with E-state index in [1.165, 1.54) is 11.9 Å². The Morgan fingerprint density at radius 3 is 2.54 bits per heavy atom. The van der Waals surface area contributed by atoms with Gasteiger partial charge in [-0.2, -0.15) is 10.1 Å². The number of amides is 1. The van der Waals surface area contributed by atoms with Crippen molar-refractivity contribution >= 4 is 17.5 Å². The number of nitrogens with one attached hydrogen (secondary N) is 2. The summed E-state index contributed by atoms with van der Waals surface area (Å²) in [5.74, 6) is 1.58. The van der Waals surface area contributed by atoms with Gasteiger partial charge in [-0.05, 0) is 56.2 Å². The summed E-state index contributed by atoms with van der Waals surface area (Å²) in [6.07, 6.45) is 1.48. The molecule has 0 fully saturated rings. The second-order valence-corrected chi connectivity index (χ2v) is 8.83. The minimum atomic E-state index is -0.507. The summed E-state index contributed by atoms with van der Waals surface area (Å²) in [5.41, 5.74) is 5.06. The normalized spacial score (nSPS) is 14.5. The number of aryl methyl sites for hydroxylation is 1. The lowest BCUT2D eigenvalue weighted by Crippen LogP contribution is -2.31. The first-order valence-corrected chi connectivity index (χ1v) is 12.2. The fourth-order valence-corrected chi connectivity index (χ4v) is 4.34. The summed E-state index contributed by atoms with van der Waals surface area (Å²) < 4.78 is 13.8. The van der Waals surface area contributed by atoms with Gasteiger partial charge in [0.2, 0.25) is 5.95 Å². The second-order valence-electron chi connectivity index (χ2n) is 8.83. The third-order valence-electron chi connectivity index (χ3n) is 6.17. The molecule has 1 atom stereocenters. The summed E-state index contributed by atoms with van der Waals surface area (Å²) in [6, 6.07) is 22.8. The van der Waals surface area contributed by atoms with E-state index in [9.17, 15) is 4.79 Å². The Bertz CT molecular complexity index is 1430. The molecule has 4 aromatic rings. The molecule has 0 bridgehead atoms. The van der Waals surface area contributed by atoms with Crippen molar-refractivity contribution in [2.45, 2.75) is 33.4 Å². The lowest BCUT2D eigenvalue weighted by atomic mass is 9.94. The van der Waals surface area contributed by atoms with E-state index in [2.05, 4.69) is 51.9 Å². The van der Waals surface area contributed by atoms with Crippen LogP contribution >= 0.6 is 0 Å². The summed E-state index contributed by atoms with van der Waals surface area (Å²) in [6.45, 7) is 6.75. The molecule has 1 amide bonds. The lowest BCUT2D eigenvalue weighted by molar-refractivity contribution is -0.113. The van der Waals surface area contributed by atoms with Crippen molar-refractivity contribution in [2.24, 2.45) is 0 Å². The van der Waals surface area contributed by atoms with Crippen LogP contribution in [0.1, 0.15) is 36.6 Å². The number of hydrogen-bond donors (Lipinski definition) is 2. The van der Waals surface area contributed by atoms with Gasteiger partial charge in [0.25, 0.3) is 5.91 Å². The van der Waals surface area contributed by atoms with E-state index >= 15 is 0 Å². The number of carbonyl (C=O) groups is 1. The Morgan fingerprint density at radius 2 is 1.78 bits per heavy atom. The molecule has 3 aromatic carbocycles. The van der Waals surface area contributed by atoms with Gasteiger partial charge in [0.15, 0.2) is 11.5 Å². The fraction of sp³-hybridized carbons (Fsp3) is 0.207. The van der Waals surface area contributed by atoms with Crippen LogP contribution in [0, 0.1) is 6.92 Å². The molecule has 8 heteroatoms. The van der Waals surface area contributed by atoms with Crippen LogP contribution in [-0.2, 0) is 11.4 Å². The Hall–Kier alpha value is -4.59. The third-order valence-corrected chi connectivity index (χ3v) is 6.17. The number of nitrogens with zero attached hydrogens (tertiary/aromatic N) is 3. The molecule has 0 saturated carbocycles. The number of allylic oxidation sites excluding steroid dienone is 1. The number of para-hydroxylation sites is 1. The molecule has 0 aliphatic carbocycles. The molecular weight excluding hydrogens is 466 g/mol. The largest absolute Gasteiger partial charge is 0.490 e. The molecule has 8 nitrogen and oxygen atoms in total. The number of hydrogen-bond acceptors (Lipinski definition) is 6. The van der Waals surface area contributed by atoms with E-state index in [1.807, 2.05) is 62.4 Å². The van der Waals surface area contributed by atoms with E-state index in [-0.39, 0.29) is 5.91 Å². The first-order chi connectivity index (χ1) is 18.0. The van der Waals surface area contributed by atoms with Gasteiger partial charge >= 0.3 is 0 Å². The molecular formula is C29H29N5O3. The van der Waals surface area contributed by atoms with Gasteiger partial charge in [0, 0.05) is 11.4 Å². The molecule has 2 heterocycles. The molecule has 188 valence electrons. The van der Waals surface area contributed by atoms with Crippen LogP contribution < -0.4 is 20.1 Å². The topological polar surface area (TPSA) is 90.3 Å². The van der Waals surface area contributed by atoms with Gasteiger partial charge in [0.05, 0.1) is 12.2 Å². The number of ether oxygens (including phenoxy) is 2. The average Bonchev–Trinajstić information content (AvgIpc) is 3.37. The molecule has 0 unspecified atom stereocenters. The number of benzene rings is 3. The summed E-state index contributed by atoms with van der Waals surface area (Å²) in [4.78, 5) is 17.9. The molecule has 0 spiro atoms. The minimum absolute atomic E-state index is 0.222. The number of rotatable bonds is 8. The predicted octanol–water partition coefficient (Wildman–Crippen LogP) is 5.49. The standard InChI is InChI=1S/C29H29N5O3/c1-4-36-25-16-22(14-15-24(25)37-17-21-12-10-19(2)11-13-21)27-26(20(3)32-29-30-18-31-34(27)29)28(35)33-23-8-6-5-7-9-23/h5-16,18,27H,4,17H2,1-3H3,(H,33,35)(H,30,31,32)/t27-/m1/s1. The van der Waals surface area contributed by atoms with E-state index in [0.717, 1.165) is 11.1 Å². The zero-order chi connectivity index (χ0) is 25.8. The van der Waals surface area contributed by atoms with Crippen LogP contribution in [0.25, 0.3) is 0 Å². The molecule has 1 aliphatic heterocycles. The highest BCUT2D eigenvalue weighted by molar-refractivity contribution is 6.06. The average molecular weight is 496 g/mol. The lowest BCUT2D eigenvalue weighted by Gasteiger charge is -2.29. The SMILES string of the molecule is CCOc1cc([C@@H]2C(C(=O)Nc3ccccc3)=C(C)Nc3ncnn32)ccc1OCc1ccc(C)cc1. The quantitative estimate of drug-likeness (QED) is 0.336. The Morgan fingerprint density at radius 1 is 1.00 bits per heavy atom. The van der Waals surface area contributed by atoms with Crippen LogP contribution in [0.15, 0.2) is 90.4 Å². The van der Waals surface area contributed by atoms with Crippen molar-refractivity contribution in [3.05, 3.63) is 107 Å². The zero-order valence-electron chi connectivity index (χ0n) is 21.1. The number of fused-ring (bicyclic) bond motifs is 1. The smallest absolute Gasteiger partial charge is 0.255 e. The Balaban J connectivity index is 1.48. The highest BCUT2D eigenvalue weighted by Crippen LogP contribution is 2.39. The van der Waals surface area contributed by atoms with Gasteiger partial charge in [-0.25, -0.2) is 4.68 Å². The summed E-state index contributed by atoms with van der Waals surface area (Å²) in [5, 5.41) is 10.6. The minimum Gasteiger partial charge on any atom is -0.490 e. The number of carbonyl (C=O) groups excluding carboxylic acids is 1. The van der Waals surface area contributed by atoms with Gasteiger partial charge in [0.1, 0.15) is 19.0 Å². The van der Waals surface area contributed by atoms with Crippen LogP contribution in [0.2, 0.25) is 0 Å². The van der Waals surface area contributed by atoms with Crippen LogP contribution in [0.4, 0.5) is 11.6 Å². The Kier molecular flexibility index (Phi) is 6.89. The fourth-order valence-electron chi connectivity index (χ4n) is 4.34. The first-order valence-electron chi connectivity index (χ1n) is 12.2.